The van der Waals surface area contributed by atoms with Crippen LogP contribution in [0.1, 0.15) is 49.0 Å². The number of rotatable bonds is 6. The van der Waals surface area contributed by atoms with Gasteiger partial charge in [0.05, 0.1) is 4.90 Å². The molecule has 4 rings (SSSR count). The van der Waals surface area contributed by atoms with Gasteiger partial charge in [0.25, 0.3) is 0 Å². The van der Waals surface area contributed by atoms with Gasteiger partial charge in [0.2, 0.25) is 15.9 Å². The Morgan fingerprint density at radius 3 is 2.57 bits per heavy atom. The zero-order valence-electron chi connectivity index (χ0n) is 17.3. The van der Waals surface area contributed by atoms with Crippen molar-refractivity contribution in [1.82, 2.24) is 24.0 Å². The lowest BCUT2D eigenvalue weighted by molar-refractivity contribution is -0.127. The Kier molecular flexibility index (Phi) is 5.75. The summed E-state index contributed by atoms with van der Waals surface area (Å²) in [6, 6.07) is 7.05. The molecule has 2 fully saturated rings. The molecule has 1 aliphatic heterocycles. The van der Waals surface area contributed by atoms with Gasteiger partial charge in [-0.15, -0.1) is 10.2 Å². The van der Waals surface area contributed by atoms with Crippen molar-refractivity contribution in [1.29, 1.82) is 0 Å². The van der Waals surface area contributed by atoms with Crippen LogP contribution in [-0.2, 0) is 14.8 Å². The number of piperidine rings is 1. The van der Waals surface area contributed by atoms with Crippen LogP contribution in [0.15, 0.2) is 41.6 Å². The predicted octanol–water partition coefficient (Wildman–Crippen LogP) is 2.28. The summed E-state index contributed by atoms with van der Waals surface area (Å²) < 4.78 is 27.7. The number of carbonyl (C=O) groups is 1. The largest absolute Gasteiger partial charge is 0.338 e. The fourth-order valence-corrected chi connectivity index (χ4v) is 4.70. The number of sulfonamides is 1. The Morgan fingerprint density at radius 2 is 1.90 bits per heavy atom. The third kappa shape index (κ3) is 4.32. The summed E-state index contributed by atoms with van der Waals surface area (Å²) >= 11 is 0. The predicted molar refractivity (Wildman–Crippen MR) is 113 cm³/mol. The van der Waals surface area contributed by atoms with E-state index >= 15 is 0 Å². The Hall–Kier alpha value is -2.52. The van der Waals surface area contributed by atoms with Crippen LogP contribution in [-0.4, -0.2) is 65.5 Å². The zero-order chi connectivity index (χ0) is 21.3. The summed E-state index contributed by atoms with van der Waals surface area (Å²) in [5.74, 6) is 1.17. The van der Waals surface area contributed by atoms with Crippen LogP contribution in [0.25, 0.3) is 6.08 Å². The maximum atomic E-state index is 12.7. The lowest BCUT2D eigenvalue weighted by Gasteiger charge is -2.31. The van der Waals surface area contributed by atoms with Crippen LogP contribution < -0.4 is 0 Å². The van der Waals surface area contributed by atoms with E-state index in [0.717, 1.165) is 30.8 Å². The van der Waals surface area contributed by atoms with Crippen molar-refractivity contribution in [3.05, 3.63) is 48.1 Å². The van der Waals surface area contributed by atoms with Crippen molar-refractivity contribution < 1.29 is 13.2 Å². The molecule has 1 aromatic carbocycles. The van der Waals surface area contributed by atoms with Gasteiger partial charge in [0.15, 0.2) is 0 Å². The topological polar surface area (TPSA) is 88.4 Å². The fraction of sp³-hybridized carbons (Fsp3) is 0.476. The molecular formula is C21H27N5O3S. The van der Waals surface area contributed by atoms with E-state index in [4.69, 9.17) is 0 Å². The smallest absolute Gasteiger partial charge is 0.246 e. The normalized spacial score (nSPS) is 20.2. The molecule has 8 nitrogen and oxygen atoms in total. The molecule has 160 valence electrons. The molecule has 1 amide bonds. The summed E-state index contributed by atoms with van der Waals surface area (Å²) in [5.41, 5.74) is 0.781. The summed E-state index contributed by atoms with van der Waals surface area (Å²) in [6.07, 6.45) is 9.41. The lowest BCUT2D eigenvalue weighted by atomic mass is 9.97. The SMILES string of the molecule is CN(C)S(=O)(=O)c1ccc(/C=C/C(=O)N2CCCC(c3nncn3C3CC3)C2)cc1. The summed E-state index contributed by atoms with van der Waals surface area (Å²) in [5, 5.41) is 8.42. The average Bonchev–Trinajstić information content (AvgIpc) is 3.48. The molecule has 30 heavy (non-hydrogen) atoms. The highest BCUT2D eigenvalue weighted by Gasteiger charge is 2.32. The van der Waals surface area contributed by atoms with E-state index in [1.54, 1.807) is 36.4 Å². The number of aromatic nitrogens is 3. The highest BCUT2D eigenvalue weighted by atomic mass is 32.2. The number of hydrogen-bond donors (Lipinski definition) is 0. The highest BCUT2D eigenvalue weighted by Crippen LogP contribution is 2.38. The first-order valence-electron chi connectivity index (χ1n) is 10.3. The maximum absolute atomic E-state index is 12.7. The zero-order valence-corrected chi connectivity index (χ0v) is 18.1. The Bertz CT molecular complexity index is 1040. The van der Waals surface area contributed by atoms with E-state index < -0.39 is 10.0 Å². The molecule has 2 heterocycles. The van der Waals surface area contributed by atoms with Crippen molar-refractivity contribution in [3.63, 3.8) is 0 Å². The fourth-order valence-electron chi connectivity index (χ4n) is 3.80. The van der Waals surface area contributed by atoms with Gasteiger partial charge < -0.3 is 9.47 Å². The third-order valence-corrected chi connectivity index (χ3v) is 7.55. The van der Waals surface area contributed by atoms with Crippen molar-refractivity contribution in [2.75, 3.05) is 27.2 Å². The van der Waals surface area contributed by atoms with Crippen LogP contribution in [0, 0.1) is 0 Å². The van der Waals surface area contributed by atoms with Gasteiger partial charge in [0, 0.05) is 45.2 Å². The van der Waals surface area contributed by atoms with Crippen molar-refractivity contribution >= 4 is 22.0 Å². The molecule has 1 aliphatic carbocycles. The van der Waals surface area contributed by atoms with Gasteiger partial charge in [-0.3, -0.25) is 4.79 Å². The summed E-state index contributed by atoms with van der Waals surface area (Å²) in [7, 11) is -0.452. The van der Waals surface area contributed by atoms with Gasteiger partial charge in [-0.1, -0.05) is 12.1 Å². The third-order valence-electron chi connectivity index (χ3n) is 5.72. The molecule has 9 heteroatoms. The minimum absolute atomic E-state index is 0.0397. The number of carbonyl (C=O) groups excluding carboxylic acids is 1. The maximum Gasteiger partial charge on any atom is 0.246 e. The van der Waals surface area contributed by atoms with Crippen LogP contribution in [0.5, 0.6) is 0 Å². The molecule has 0 spiro atoms. The number of likely N-dealkylation sites (tertiary alicyclic amines) is 1. The molecule has 1 saturated carbocycles. The van der Waals surface area contributed by atoms with Gasteiger partial charge >= 0.3 is 0 Å². The van der Waals surface area contributed by atoms with E-state index in [1.165, 1.54) is 31.2 Å². The van der Waals surface area contributed by atoms with Crippen LogP contribution >= 0.6 is 0 Å². The van der Waals surface area contributed by atoms with Crippen LogP contribution in [0.2, 0.25) is 0 Å². The molecule has 2 aliphatic rings. The molecule has 1 atom stereocenters. The highest BCUT2D eigenvalue weighted by molar-refractivity contribution is 7.89. The van der Waals surface area contributed by atoms with Crippen molar-refractivity contribution in [3.8, 4) is 0 Å². The van der Waals surface area contributed by atoms with Gasteiger partial charge in [-0.05, 0) is 49.5 Å². The van der Waals surface area contributed by atoms with E-state index in [2.05, 4.69) is 14.8 Å². The second-order valence-corrected chi connectivity index (χ2v) is 10.3. The number of hydrogen-bond acceptors (Lipinski definition) is 5. The van der Waals surface area contributed by atoms with Gasteiger partial charge in [-0.25, -0.2) is 12.7 Å². The van der Waals surface area contributed by atoms with Crippen LogP contribution in [0.4, 0.5) is 0 Å². The van der Waals surface area contributed by atoms with Gasteiger partial charge in [-0.2, -0.15) is 0 Å². The van der Waals surface area contributed by atoms with E-state index in [0.29, 0.717) is 12.6 Å². The lowest BCUT2D eigenvalue weighted by Crippen LogP contribution is -2.38. The second kappa shape index (κ2) is 8.31. The first-order chi connectivity index (χ1) is 14.4. The molecule has 0 bridgehead atoms. The summed E-state index contributed by atoms with van der Waals surface area (Å²) in [4.78, 5) is 14.8. The Balaban J connectivity index is 1.41. The first-order valence-corrected chi connectivity index (χ1v) is 11.7. The molecule has 2 aromatic rings. The van der Waals surface area contributed by atoms with Crippen molar-refractivity contribution in [2.24, 2.45) is 0 Å². The minimum Gasteiger partial charge on any atom is -0.338 e. The molecule has 0 radical (unpaired) electrons. The monoisotopic (exact) mass is 429 g/mol. The molecule has 1 unspecified atom stereocenters. The quantitative estimate of drug-likeness (QED) is 0.658. The average molecular weight is 430 g/mol. The van der Waals surface area contributed by atoms with Gasteiger partial charge in [0.1, 0.15) is 12.2 Å². The van der Waals surface area contributed by atoms with Crippen molar-refractivity contribution in [2.45, 2.75) is 42.5 Å². The van der Waals surface area contributed by atoms with E-state index in [9.17, 15) is 13.2 Å². The molecule has 1 saturated heterocycles. The number of amides is 1. The summed E-state index contributed by atoms with van der Waals surface area (Å²) in [6.45, 7) is 1.38. The molecular weight excluding hydrogens is 402 g/mol. The standard InChI is InChI=1S/C21H27N5O3S/c1-24(2)30(28,29)19-10-5-16(6-11-19)7-12-20(27)25-13-3-4-17(14-25)21-23-22-15-26(21)18-8-9-18/h5-7,10-12,15,17-18H,3-4,8-9,13-14H2,1-2H3/b12-7+. The minimum atomic E-state index is -3.45. The van der Waals surface area contributed by atoms with Crippen LogP contribution in [0.3, 0.4) is 0 Å². The van der Waals surface area contributed by atoms with E-state index in [-0.39, 0.29) is 16.7 Å². The number of benzene rings is 1. The van der Waals surface area contributed by atoms with E-state index in [1.807, 2.05) is 11.2 Å². The second-order valence-electron chi connectivity index (χ2n) is 8.14. The first kappa shape index (κ1) is 20.7. The molecule has 0 N–H and O–H groups in total. The Morgan fingerprint density at radius 1 is 1.17 bits per heavy atom. The number of nitrogens with zero attached hydrogens (tertiary/aromatic N) is 5. The molecule has 1 aromatic heterocycles. The Labute approximate surface area is 177 Å².